The number of likely N-dealkylation sites (N-methyl/N-ethyl adjacent to an activating group) is 1. The van der Waals surface area contributed by atoms with Crippen molar-refractivity contribution < 1.29 is 27.1 Å². The third-order valence-electron chi connectivity index (χ3n) is 5.33. The van der Waals surface area contributed by atoms with Gasteiger partial charge in [0.25, 0.3) is 0 Å². The van der Waals surface area contributed by atoms with E-state index in [2.05, 4.69) is 0 Å². The zero-order valence-corrected chi connectivity index (χ0v) is 18.5. The highest BCUT2D eigenvalue weighted by Gasteiger charge is 2.34. The van der Waals surface area contributed by atoms with Crippen molar-refractivity contribution in [2.75, 3.05) is 40.4 Å². The summed E-state index contributed by atoms with van der Waals surface area (Å²) in [7, 11) is -0.537. The fourth-order valence-electron chi connectivity index (χ4n) is 3.54. The highest BCUT2D eigenvalue weighted by Crippen LogP contribution is 2.26. The van der Waals surface area contributed by atoms with Gasteiger partial charge in [-0.25, -0.2) is 12.8 Å². The Labute approximate surface area is 182 Å². The number of methoxy groups -OCH3 is 1. The molecule has 0 saturated carbocycles. The van der Waals surface area contributed by atoms with Gasteiger partial charge in [0.15, 0.2) is 11.6 Å². The molecule has 1 aliphatic rings. The van der Waals surface area contributed by atoms with Crippen molar-refractivity contribution in [2.45, 2.75) is 17.7 Å². The topological polar surface area (TPSA) is 76.2 Å². The molecule has 1 atom stereocenters. The van der Waals surface area contributed by atoms with Gasteiger partial charge >= 0.3 is 0 Å². The van der Waals surface area contributed by atoms with E-state index < -0.39 is 21.8 Å². The SMILES string of the molecule is COc1ccc(S(=O)(=O)N2CCCC(C(=O)N(C)CCOc3ccccc3F)C2)cc1. The third-order valence-corrected chi connectivity index (χ3v) is 7.21. The van der Waals surface area contributed by atoms with Crippen LogP contribution in [-0.2, 0) is 14.8 Å². The molecule has 168 valence electrons. The second-order valence-corrected chi connectivity index (χ2v) is 9.35. The molecule has 7 nitrogen and oxygen atoms in total. The molecule has 9 heteroatoms. The Balaban J connectivity index is 1.58. The van der Waals surface area contributed by atoms with E-state index in [9.17, 15) is 17.6 Å². The maximum atomic E-state index is 13.6. The molecule has 31 heavy (non-hydrogen) atoms. The number of rotatable bonds is 8. The molecule has 0 aromatic heterocycles. The van der Waals surface area contributed by atoms with Gasteiger partial charge in [0.1, 0.15) is 12.4 Å². The van der Waals surface area contributed by atoms with Crippen molar-refractivity contribution in [1.82, 2.24) is 9.21 Å². The van der Waals surface area contributed by atoms with Crippen molar-refractivity contribution in [3.8, 4) is 11.5 Å². The van der Waals surface area contributed by atoms with Crippen molar-refractivity contribution in [1.29, 1.82) is 0 Å². The first-order valence-electron chi connectivity index (χ1n) is 10.1. The van der Waals surface area contributed by atoms with Gasteiger partial charge in [-0.3, -0.25) is 4.79 Å². The summed E-state index contributed by atoms with van der Waals surface area (Å²) in [6.45, 7) is 0.919. The predicted octanol–water partition coefficient (Wildman–Crippen LogP) is 2.77. The van der Waals surface area contributed by atoms with Crippen LogP contribution >= 0.6 is 0 Å². The second kappa shape index (κ2) is 10.1. The van der Waals surface area contributed by atoms with Crippen LogP contribution in [-0.4, -0.2) is 63.9 Å². The molecule has 1 aliphatic heterocycles. The van der Waals surface area contributed by atoms with Gasteiger partial charge in [-0.2, -0.15) is 4.31 Å². The molecule has 2 aromatic carbocycles. The Kier molecular flexibility index (Phi) is 7.50. The Morgan fingerprint density at radius 1 is 1.19 bits per heavy atom. The van der Waals surface area contributed by atoms with Crippen LogP contribution in [0.5, 0.6) is 11.5 Å². The minimum atomic E-state index is -3.70. The quantitative estimate of drug-likeness (QED) is 0.618. The van der Waals surface area contributed by atoms with E-state index >= 15 is 0 Å². The predicted molar refractivity (Wildman–Crippen MR) is 114 cm³/mol. The minimum absolute atomic E-state index is 0.131. The summed E-state index contributed by atoms with van der Waals surface area (Å²) in [5.74, 6) is -0.321. The molecular formula is C22H27FN2O5S. The van der Waals surface area contributed by atoms with Crippen LogP contribution in [0.3, 0.4) is 0 Å². The van der Waals surface area contributed by atoms with E-state index in [1.54, 1.807) is 31.3 Å². The summed E-state index contributed by atoms with van der Waals surface area (Å²) in [5.41, 5.74) is 0. The van der Waals surface area contributed by atoms with E-state index in [0.717, 1.165) is 0 Å². The number of halogens is 1. The molecule has 0 N–H and O–H groups in total. The zero-order valence-electron chi connectivity index (χ0n) is 17.7. The highest BCUT2D eigenvalue weighted by atomic mass is 32.2. The first-order chi connectivity index (χ1) is 14.8. The average molecular weight is 451 g/mol. The molecule has 0 radical (unpaired) electrons. The van der Waals surface area contributed by atoms with Crippen LogP contribution in [0.4, 0.5) is 4.39 Å². The number of nitrogens with zero attached hydrogens (tertiary/aromatic N) is 2. The molecule has 3 rings (SSSR count). The fourth-order valence-corrected chi connectivity index (χ4v) is 5.06. The highest BCUT2D eigenvalue weighted by molar-refractivity contribution is 7.89. The lowest BCUT2D eigenvalue weighted by Gasteiger charge is -2.33. The minimum Gasteiger partial charge on any atom is -0.497 e. The number of amides is 1. The molecule has 2 aromatic rings. The Morgan fingerprint density at radius 2 is 1.90 bits per heavy atom. The van der Waals surface area contributed by atoms with Crippen LogP contribution < -0.4 is 9.47 Å². The number of ether oxygens (including phenoxy) is 2. The average Bonchev–Trinajstić information content (AvgIpc) is 2.79. The lowest BCUT2D eigenvalue weighted by Crippen LogP contribution is -2.46. The van der Waals surface area contributed by atoms with E-state index in [1.165, 1.54) is 40.6 Å². The Morgan fingerprint density at radius 3 is 2.58 bits per heavy atom. The fraction of sp³-hybridized carbons (Fsp3) is 0.409. The number of sulfonamides is 1. The van der Waals surface area contributed by atoms with E-state index in [-0.39, 0.29) is 36.2 Å². The number of piperidine rings is 1. The lowest BCUT2D eigenvalue weighted by molar-refractivity contribution is -0.135. The molecule has 1 heterocycles. The number of carbonyl (C=O) groups is 1. The number of para-hydroxylation sites is 1. The number of benzene rings is 2. The Hall–Kier alpha value is -2.65. The lowest BCUT2D eigenvalue weighted by atomic mass is 9.98. The summed E-state index contributed by atoms with van der Waals surface area (Å²) in [6, 6.07) is 12.3. The van der Waals surface area contributed by atoms with Gasteiger partial charge in [0.05, 0.1) is 24.5 Å². The summed E-state index contributed by atoms with van der Waals surface area (Å²) in [6.07, 6.45) is 1.22. The molecular weight excluding hydrogens is 423 g/mol. The molecule has 1 saturated heterocycles. The largest absolute Gasteiger partial charge is 0.497 e. The standard InChI is InChI=1S/C22H27FN2O5S/c1-24(14-15-30-21-8-4-3-7-20(21)23)22(26)17-6-5-13-25(16-17)31(27,28)19-11-9-18(29-2)10-12-19/h3-4,7-12,17H,5-6,13-16H2,1-2H3. The van der Waals surface area contributed by atoms with Crippen molar-refractivity contribution in [3.05, 3.63) is 54.3 Å². The van der Waals surface area contributed by atoms with Gasteiger partial charge in [0.2, 0.25) is 15.9 Å². The maximum Gasteiger partial charge on any atom is 0.243 e. The van der Waals surface area contributed by atoms with Crippen molar-refractivity contribution in [2.24, 2.45) is 5.92 Å². The van der Waals surface area contributed by atoms with Gasteiger partial charge in [-0.1, -0.05) is 12.1 Å². The summed E-state index contributed by atoms with van der Waals surface area (Å²) >= 11 is 0. The molecule has 1 fully saturated rings. The van der Waals surface area contributed by atoms with Crippen LogP contribution in [0, 0.1) is 11.7 Å². The van der Waals surface area contributed by atoms with Gasteiger partial charge < -0.3 is 14.4 Å². The van der Waals surface area contributed by atoms with Crippen LogP contribution in [0.2, 0.25) is 0 Å². The van der Waals surface area contributed by atoms with Gasteiger partial charge in [-0.05, 0) is 49.2 Å². The van der Waals surface area contributed by atoms with Crippen molar-refractivity contribution >= 4 is 15.9 Å². The molecule has 1 amide bonds. The first-order valence-corrected chi connectivity index (χ1v) is 11.5. The van der Waals surface area contributed by atoms with Gasteiger partial charge in [-0.15, -0.1) is 0 Å². The van der Waals surface area contributed by atoms with Crippen LogP contribution in [0.1, 0.15) is 12.8 Å². The number of carbonyl (C=O) groups excluding carboxylic acids is 1. The van der Waals surface area contributed by atoms with E-state index in [4.69, 9.17) is 9.47 Å². The smallest absolute Gasteiger partial charge is 0.243 e. The normalized spacial score (nSPS) is 17.2. The maximum absolute atomic E-state index is 13.6. The molecule has 0 bridgehead atoms. The summed E-state index contributed by atoms with van der Waals surface area (Å²) in [5, 5.41) is 0. The monoisotopic (exact) mass is 450 g/mol. The Bertz CT molecular complexity index is 997. The zero-order chi connectivity index (χ0) is 22.4. The van der Waals surface area contributed by atoms with Crippen molar-refractivity contribution in [3.63, 3.8) is 0 Å². The molecule has 0 spiro atoms. The van der Waals surface area contributed by atoms with E-state index in [1.807, 2.05) is 0 Å². The van der Waals surface area contributed by atoms with Crippen LogP contribution in [0.25, 0.3) is 0 Å². The second-order valence-electron chi connectivity index (χ2n) is 7.42. The first kappa shape index (κ1) is 23.0. The van der Waals surface area contributed by atoms with E-state index in [0.29, 0.717) is 25.1 Å². The molecule has 1 unspecified atom stereocenters. The number of hydrogen-bond donors (Lipinski definition) is 0. The van der Waals surface area contributed by atoms with Crippen LogP contribution in [0.15, 0.2) is 53.4 Å². The number of hydrogen-bond acceptors (Lipinski definition) is 5. The molecule has 0 aliphatic carbocycles. The van der Waals surface area contributed by atoms with Gasteiger partial charge in [0, 0.05) is 20.1 Å². The summed E-state index contributed by atoms with van der Waals surface area (Å²) < 4.78 is 51.5. The third kappa shape index (κ3) is 5.54. The summed E-state index contributed by atoms with van der Waals surface area (Å²) in [4.78, 5) is 14.5.